The molecule has 112 valence electrons. The average molecular weight is 281 g/mol. The van der Waals surface area contributed by atoms with Gasteiger partial charge in [-0.25, -0.2) is 9.97 Å². The highest BCUT2D eigenvalue weighted by atomic mass is 16.3. The van der Waals surface area contributed by atoms with E-state index in [0.29, 0.717) is 5.82 Å². The van der Waals surface area contributed by atoms with Crippen LogP contribution in [0.4, 0.5) is 11.6 Å². The minimum Gasteiger partial charge on any atom is -0.381 e. The van der Waals surface area contributed by atoms with Gasteiger partial charge in [-0.05, 0) is 12.8 Å². The van der Waals surface area contributed by atoms with Crippen molar-refractivity contribution in [3.8, 4) is 0 Å². The van der Waals surface area contributed by atoms with Gasteiger partial charge in [-0.3, -0.25) is 4.79 Å². The highest BCUT2D eigenvalue weighted by Gasteiger charge is 2.14. The zero-order valence-corrected chi connectivity index (χ0v) is 12.0. The van der Waals surface area contributed by atoms with E-state index in [9.17, 15) is 9.90 Å². The number of nitrogens with one attached hydrogen (secondary N) is 2. The number of hydrogen-bond donors (Lipinski definition) is 4. The number of carbonyl (C=O) groups excluding carboxylic acids is 1. The number of aromatic nitrogens is 2. The molecule has 1 amide bonds. The first-order chi connectivity index (χ1) is 9.60. The number of anilines is 2. The molecule has 7 heteroatoms. The quantitative estimate of drug-likeness (QED) is 0.524. The van der Waals surface area contributed by atoms with Gasteiger partial charge in [-0.1, -0.05) is 20.3 Å². The molecule has 0 bridgehead atoms. The molecule has 7 nitrogen and oxygen atoms in total. The second-order valence-corrected chi connectivity index (χ2v) is 4.53. The molecule has 0 aromatic carbocycles. The molecule has 20 heavy (non-hydrogen) atoms. The lowest BCUT2D eigenvalue weighted by atomic mass is 10.1. The molecule has 0 aliphatic heterocycles. The van der Waals surface area contributed by atoms with Crippen LogP contribution in [0, 0.1) is 0 Å². The summed E-state index contributed by atoms with van der Waals surface area (Å²) in [7, 11) is 0. The number of hydrogen-bond acceptors (Lipinski definition) is 6. The number of rotatable bonds is 9. The molecule has 5 N–H and O–H groups in total. The van der Waals surface area contributed by atoms with Crippen LogP contribution in [0.1, 0.15) is 32.3 Å². The molecule has 0 aliphatic rings. The summed E-state index contributed by atoms with van der Waals surface area (Å²) in [6.45, 7) is 5.02. The first kappa shape index (κ1) is 16.2. The Morgan fingerprint density at radius 3 is 2.50 bits per heavy atom. The van der Waals surface area contributed by atoms with Crippen molar-refractivity contribution in [3.63, 3.8) is 0 Å². The van der Waals surface area contributed by atoms with Gasteiger partial charge in [0.05, 0.1) is 6.54 Å². The standard InChI is InChI=1S/C13H23N5O2/c1-3-5-9-12(15-6-4-2)17-8-18-13(9)16-7-10(19)11(14)20/h8,10,19H,3-7H2,1-2H3,(H2,14,20)(H2,15,16,17,18). The van der Waals surface area contributed by atoms with Gasteiger partial charge < -0.3 is 21.5 Å². The fraction of sp³-hybridized carbons (Fsp3) is 0.615. The highest BCUT2D eigenvalue weighted by molar-refractivity contribution is 5.79. The van der Waals surface area contributed by atoms with Crippen LogP contribution in [-0.4, -0.2) is 40.2 Å². The van der Waals surface area contributed by atoms with Crippen molar-refractivity contribution < 1.29 is 9.90 Å². The van der Waals surface area contributed by atoms with Crippen LogP contribution in [-0.2, 0) is 11.2 Å². The normalized spacial score (nSPS) is 11.9. The number of amides is 1. The van der Waals surface area contributed by atoms with E-state index in [4.69, 9.17) is 5.73 Å². The molecule has 0 aliphatic carbocycles. The molecule has 0 fully saturated rings. The lowest BCUT2D eigenvalue weighted by Gasteiger charge is -2.15. The van der Waals surface area contributed by atoms with Gasteiger partial charge in [0.15, 0.2) is 0 Å². The second-order valence-electron chi connectivity index (χ2n) is 4.53. The highest BCUT2D eigenvalue weighted by Crippen LogP contribution is 2.21. The zero-order valence-electron chi connectivity index (χ0n) is 12.0. The van der Waals surface area contributed by atoms with Gasteiger partial charge in [0.1, 0.15) is 24.1 Å². The van der Waals surface area contributed by atoms with Crippen LogP contribution in [0.25, 0.3) is 0 Å². The molecule has 1 aromatic heterocycles. The summed E-state index contributed by atoms with van der Waals surface area (Å²) >= 11 is 0. The van der Waals surface area contributed by atoms with Crippen LogP contribution in [0.2, 0.25) is 0 Å². The van der Waals surface area contributed by atoms with Crippen molar-refractivity contribution in [3.05, 3.63) is 11.9 Å². The summed E-state index contributed by atoms with van der Waals surface area (Å²) in [5, 5.41) is 15.6. The van der Waals surface area contributed by atoms with Gasteiger partial charge in [-0.2, -0.15) is 0 Å². The average Bonchev–Trinajstić information content (AvgIpc) is 2.44. The summed E-state index contributed by atoms with van der Waals surface area (Å²) in [4.78, 5) is 19.2. The Hall–Kier alpha value is -1.89. The summed E-state index contributed by atoms with van der Waals surface area (Å²) in [6, 6.07) is 0. The van der Waals surface area contributed by atoms with Gasteiger partial charge >= 0.3 is 0 Å². The van der Waals surface area contributed by atoms with Crippen molar-refractivity contribution in [2.75, 3.05) is 23.7 Å². The number of aliphatic hydroxyl groups is 1. The second kappa shape index (κ2) is 8.31. The van der Waals surface area contributed by atoms with E-state index in [1.807, 2.05) is 0 Å². The first-order valence-corrected chi connectivity index (χ1v) is 6.89. The van der Waals surface area contributed by atoms with Crippen LogP contribution < -0.4 is 16.4 Å². The van der Waals surface area contributed by atoms with E-state index in [1.54, 1.807) is 0 Å². The minimum absolute atomic E-state index is 0.0380. The Morgan fingerprint density at radius 1 is 1.30 bits per heavy atom. The van der Waals surface area contributed by atoms with E-state index >= 15 is 0 Å². The third kappa shape index (κ3) is 4.65. The molecule has 0 saturated carbocycles. The summed E-state index contributed by atoms with van der Waals surface area (Å²) in [6.07, 6.45) is 2.98. The summed E-state index contributed by atoms with van der Waals surface area (Å²) in [5.41, 5.74) is 5.98. The van der Waals surface area contributed by atoms with Crippen molar-refractivity contribution >= 4 is 17.5 Å². The fourth-order valence-corrected chi connectivity index (χ4v) is 1.74. The van der Waals surface area contributed by atoms with Crippen molar-refractivity contribution in [1.82, 2.24) is 9.97 Å². The molecular formula is C13H23N5O2. The van der Waals surface area contributed by atoms with Crippen LogP contribution in [0.5, 0.6) is 0 Å². The lowest BCUT2D eigenvalue weighted by Crippen LogP contribution is -2.34. The molecule has 1 unspecified atom stereocenters. The molecule has 0 saturated heterocycles. The number of primary amides is 1. The van der Waals surface area contributed by atoms with E-state index < -0.39 is 12.0 Å². The largest absolute Gasteiger partial charge is 0.381 e. The zero-order chi connectivity index (χ0) is 15.0. The van der Waals surface area contributed by atoms with E-state index in [1.165, 1.54) is 6.33 Å². The number of nitrogens with two attached hydrogens (primary N) is 1. The maximum atomic E-state index is 10.8. The molecule has 0 radical (unpaired) electrons. The monoisotopic (exact) mass is 281 g/mol. The Bertz CT molecular complexity index is 439. The third-order valence-corrected chi connectivity index (χ3v) is 2.78. The summed E-state index contributed by atoms with van der Waals surface area (Å²) < 4.78 is 0. The number of nitrogens with zero attached hydrogens (tertiary/aromatic N) is 2. The predicted octanol–water partition coefficient (Wildman–Crippen LogP) is 0.509. The Labute approximate surface area is 119 Å². The first-order valence-electron chi connectivity index (χ1n) is 6.89. The maximum absolute atomic E-state index is 10.8. The SMILES string of the molecule is CCCNc1ncnc(NCC(O)C(N)=O)c1CCC. The lowest BCUT2D eigenvalue weighted by molar-refractivity contribution is -0.125. The Morgan fingerprint density at radius 2 is 1.95 bits per heavy atom. The van der Waals surface area contributed by atoms with Gasteiger partial charge in [0, 0.05) is 12.1 Å². The van der Waals surface area contributed by atoms with Crippen molar-refractivity contribution in [2.45, 2.75) is 39.2 Å². The van der Waals surface area contributed by atoms with Gasteiger partial charge in [0.25, 0.3) is 0 Å². The molecule has 1 atom stereocenters. The molecule has 1 rings (SSSR count). The van der Waals surface area contributed by atoms with Crippen molar-refractivity contribution in [1.29, 1.82) is 0 Å². The molecule has 1 heterocycles. The molecule has 0 spiro atoms. The van der Waals surface area contributed by atoms with Gasteiger partial charge in [-0.15, -0.1) is 0 Å². The smallest absolute Gasteiger partial charge is 0.248 e. The minimum atomic E-state index is -1.23. The Kier molecular flexibility index (Phi) is 6.72. The number of aliphatic hydroxyl groups excluding tert-OH is 1. The maximum Gasteiger partial charge on any atom is 0.248 e. The van der Waals surface area contributed by atoms with Crippen LogP contribution in [0.15, 0.2) is 6.33 Å². The van der Waals surface area contributed by atoms with Crippen LogP contribution >= 0.6 is 0 Å². The van der Waals surface area contributed by atoms with Crippen LogP contribution in [0.3, 0.4) is 0 Å². The number of carbonyl (C=O) groups is 1. The van der Waals surface area contributed by atoms with E-state index in [0.717, 1.165) is 37.2 Å². The van der Waals surface area contributed by atoms with E-state index in [2.05, 4.69) is 34.4 Å². The van der Waals surface area contributed by atoms with E-state index in [-0.39, 0.29) is 6.54 Å². The predicted molar refractivity (Wildman–Crippen MR) is 78.5 cm³/mol. The van der Waals surface area contributed by atoms with Crippen molar-refractivity contribution in [2.24, 2.45) is 5.73 Å². The molecular weight excluding hydrogens is 258 g/mol. The third-order valence-electron chi connectivity index (χ3n) is 2.78. The van der Waals surface area contributed by atoms with Gasteiger partial charge in [0.2, 0.25) is 5.91 Å². The fourth-order valence-electron chi connectivity index (χ4n) is 1.74. The summed E-state index contributed by atoms with van der Waals surface area (Å²) in [5.74, 6) is 0.661. The molecule has 1 aromatic rings. The topological polar surface area (TPSA) is 113 Å². The Balaban J connectivity index is 2.85.